The molecule has 0 saturated heterocycles. The fourth-order valence-electron chi connectivity index (χ4n) is 1.67. The Bertz CT molecular complexity index is 204. The number of esters is 1. The van der Waals surface area contributed by atoms with Crippen molar-refractivity contribution in [2.45, 2.75) is 19.2 Å². The van der Waals surface area contributed by atoms with Gasteiger partial charge in [-0.25, -0.2) is 0 Å². The summed E-state index contributed by atoms with van der Waals surface area (Å²) >= 11 is 0. The summed E-state index contributed by atoms with van der Waals surface area (Å²) in [6, 6.07) is 0. The van der Waals surface area contributed by atoms with Crippen LogP contribution >= 0.6 is 0 Å². The molecule has 76 valence electrons. The van der Waals surface area contributed by atoms with Crippen molar-refractivity contribution in [2.24, 2.45) is 11.8 Å². The van der Waals surface area contributed by atoms with Crippen molar-refractivity contribution in [1.82, 2.24) is 0 Å². The summed E-state index contributed by atoms with van der Waals surface area (Å²) in [5.41, 5.74) is 0. The minimum Gasteiger partial charge on any atom is -0.469 e. The number of methoxy groups -OCH3 is 1. The first-order valence-corrected chi connectivity index (χ1v) is 4.21. The van der Waals surface area contributed by atoms with Crippen molar-refractivity contribution in [3.8, 4) is 0 Å². The Labute approximate surface area is 123 Å². The molecule has 1 fully saturated rings. The number of hydrogen-bond donors (Lipinski definition) is 0. The third-order valence-electron chi connectivity index (χ3n) is 2.37. The zero-order valence-electron chi connectivity index (χ0n) is 8.30. The fraction of sp³-hybridized carbons (Fsp3) is 0.857. The van der Waals surface area contributed by atoms with Crippen molar-refractivity contribution in [1.29, 1.82) is 0 Å². The molecule has 1 aliphatic rings. The maximum absolute atomic E-state index is 11.9. The average Bonchev–Trinajstić information content (AvgIpc) is 1.92. The third kappa shape index (κ3) is 4.65. The van der Waals surface area contributed by atoms with E-state index >= 15 is 0 Å². The minimum absolute atomic E-state index is 0. The van der Waals surface area contributed by atoms with E-state index in [4.69, 9.17) is 0 Å². The molecule has 0 unspecified atom stereocenters. The van der Waals surface area contributed by atoms with Gasteiger partial charge in [-0.15, -0.1) is 0 Å². The smallest absolute Gasteiger partial charge is 0.469 e. The maximum atomic E-state index is 11.9. The van der Waals surface area contributed by atoms with Crippen molar-refractivity contribution < 1.29 is 73.9 Å². The van der Waals surface area contributed by atoms with E-state index in [1.54, 1.807) is 0 Å². The molecule has 14 heavy (non-hydrogen) atoms. The van der Waals surface area contributed by atoms with Gasteiger partial charge in [0.1, 0.15) is 0 Å². The average molecular weight is 234 g/mol. The number of halogens is 3. The van der Waals surface area contributed by atoms with Gasteiger partial charge in [0.15, 0.2) is 0 Å². The van der Waals surface area contributed by atoms with Crippen molar-refractivity contribution in [3.63, 3.8) is 0 Å². The van der Waals surface area contributed by atoms with Crippen LogP contribution in [0.15, 0.2) is 0 Å². The molecule has 2 nitrogen and oxygen atoms in total. The Kier molecular flexibility index (Phi) is 6.29. The van der Waals surface area contributed by atoms with Crippen LogP contribution < -0.4 is 51.4 Å². The third-order valence-corrected chi connectivity index (χ3v) is 2.37. The van der Waals surface area contributed by atoms with Crippen LogP contribution in [0.4, 0.5) is 12.9 Å². The molecule has 0 bridgehead atoms. The molecule has 0 aromatic carbocycles. The number of hydrogen-bond acceptors (Lipinski definition) is 2. The first-order chi connectivity index (χ1) is 5.92. The molecule has 0 amide bonds. The van der Waals surface area contributed by atoms with E-state index in [1.165, 1.54) is 7.11 Å². The van der Waals surface area contributed by atoms with Gasteiger partial charge in [0, 0.05) is 0 Å². The molecule has 1 rings (SSSR count). The monoisotopic (exact) mass is 234 g/mol. The first kappa shape index (κ1) is 15.0. The standard InChI is InChI=1S/C7H11BF3O2.K/c1-13-7(12)6-2-5(3-6)4-8(9,10)11;/h5-6H,2-4H2,1H3;/q-1;+1. The van der Waals surface area contributed by atoms with E-state index in [-0.39, 0.29) is 69.2 Å². The molecule has 0 spiro atoms. The Morgan fingerprint density at radius 3 is 2.29 bits per heavy atom. The van der Waals surface area contributed by atoms with Crippen molar-refractivity contribution in [3.05, 3.63) is 0 Å². The SMILES string of the molecule is COC(=O)C1CC(C[B-](F)(F)F)C1.[K+]. The van der Waals surface area contributed by atoms with Crippen LogP contribution in [0.1, 0.15) is 12.8 Å². The largest absolute Gasteiger partial charge is 1.00 e. The topological polar surface area (TPSA) is 26.3 Å². The number of ether oxygens (including phenoxy) is 1. The van der Waals surface area contributed by atoms with Gasteiger partial charge in [0.25, 0.3) is 0 Å². The van der Waals surface area contributed by atoms with Crippen molar-refractivity contribution in [2.75, 3.05) is 7.11 Å². The second-order valence-electron chi connectivity index (χ2n) is 3.50. The molecule has 0 aromatic heterocycles. The predicted octanol–water partition coefficient (Wildman–Crippen LogP) is -0.963. The number of rotatable bonds is 3. The van der Waals surface area contributed by atoms with Gasteiger partial charge < -0.3 is 17.7 Å². The summed E-state index contributed by atoms with van der Waals surface area (Å²) in [5.74, 6) is -1.04. The number of carbonyl (C=O) groups is 1. The van der Waals surface area contributed by atoms with Gasteiger partial charge >= 0.3 is 64.3 Å². The van der Waals surface area contributed by atoms with Crippen LogP contribution in [0.3, 0.4) is 0 Å². The molecule has 1 aliphatic carbocycles. The minimum atomic E-state index is -4.70. The molecule has 0 atom stereocenters. The van der Waals surface area contributed by atoms with Gasteiger partial charge in [-0.05, 0) is 12.8 Å². The Morgan fingerprint density at radius 2 is 1.93 bits per heavy atom. The Balaban J connectivity index is 0.00000169. The normalized spacial score (nSPS) is 26.0. The second-order valence-corrected chi connectivity index (χ2v) is 3.50. The summed E-state index contributed by atoms with van der Waals surface area (Å²) in [4.78, 5) is 10.8. The summed E-state index contributed by atoms with van der Waals surface area (Å²) < 4.78 is 40.1. The first-order valence-electron chi connectivity index (χ1n) is 4.21. The van der Waals surface area contributed by atoms with Gasteiger partial charge in [-0.1, -0.05) is 12.2 Å². The van der Waals surface area contributed by atoms with E-state index in [9.17, 15) is 17.7 Å². The molecule has 0 heterocycles. The fourth-order valence-corrected chi connectivity index (χ4v) is 1.67. The van der Waals surface area contributed by atoms with E-state index in [0.29, 0.717) is 12.8 Å². The van der Waals surface area contributed by atoms with Crippen LogP contribution in [-0.4, -0.2) is 20.1 Å². The van der Waals surface area contributed by atoms with Gasteiger partial charge in [0.05, 0.1) is 13.0 Å². The molecule has 1 saturated carbocycles. The maximum Gasteiger partial charge on any atom is 1.00 e. The zero-order valence-corrected chi connectivity index (χ0v) is 11.4. The van der Waals surface area contributed by atoms with Gasteiger partial charge in [0.2, 0.25) is 0 Å². The zero-order chi connectivity index (χ0) is 10.1. The summed E-state index contributed by atoms with van der Waals surface area (Å²) in [6.07, 6.45) is -0.0602. The van der Waals surface area contributed by atoms with E-state index in [2.05, 4.69) is 4.74 Å². The van der Waals surface area contributed by atoms with Crippen LogP contribution in [0, 0.1) is 11.8 Å². The molecule has 7 heteroatoms. The molecule has 0 aromatic rings. The molecule has 0 radical (unpaired) electrons. The van der Waals surface area contributed by atoms with Crippen LogP contribution in [0.2, 0.25) is 6.32 Å². The Hall–Kier alpha value is 0.961. The summed E-state index contributed by atoms with van der Waals surface area (Å²) in [6.45, 7) is -4.70. The molecule has 0 aliphatic heterocycles. The van der Waals surface area contributed by atoms with E-state index < -0.39 is 13.3 Å². The van der Waals surface area contributed by atoms with E-state index in [0.717, 1.165) is 0 Å². The van der Waals surface area contributed by atoms with Crippen LogP contribution in [0.5, 0.6) is 0 Å². The van der Waals surface area contributed by atoms with Gasteiger partial charge in [-0.2, -0.15) is 0 Å². The van der Waals surface area contributed by atoms with E-state index in [1.807, 2.05) is 0 Å². The Morgan fingerprint density at radius 1 is 1.43 bits per heavy atom. The molecule has 0 N–H and O–H groups in total. The van der Waals surface area contributed by atoms with Gasteiger partial charge in [-0.3, -0.25) is 4.79 Å². The predicted molar refractivity (Wildman–Crippen MR) is 42.1 cm³/mol. The quantitative estimate of drug-likeness (QED) is 0.464. The number of carbonyl (C=O) groups excluding carboxylic acids is 1. The van der Waals surface area contributed by atoms with Crippen molar-refractivity contribution >= 4 is 12.9 Å². The van der Waals surface area contributed by atoms with Crippen LogP contribution in [-0.2, 0) is 9.53 Å². The second kappa shape index (κ2) is 5.89. The summed E-state index contributed by atoms with van der Waals surface area (Å²) in [5, 5.41) is 0. The summed E-state index contributed by atoms with van der Waals surface area (Å²) in [7, 11) is 1.25. The molecular weight excluding hydrogens is 223 g/mol. The molecular formula is C7H11BF3KO2. The van der Waals surface area contributed by atoms with Crippen LogP contribution in [0.25, 0.3) is 0 Å².